The van der Waals surface area contributed by atoms with E-state index in [1.54, 1.807) is 0 Å². The third kappa shape index (κ3) is 8.90. The Kier molecular flexibility index (Phi) is 10.6. The molecule has 0 spiro atoms. The second-order valence-corrected chi connectivity index (χ2v) is 8.75. The van der Waals surface area contributed by atoms with Gasteiger partial charge < -0.3 is 21.7 Å². The number of benzene rings is 3. The molecule has 0 fully saturated rings. The number of nitro groups is 2. The number of carbonyl (C=O) groups is 2. The molecular formula is C27H29N7O6. The number of amides is 2. The van der Waals surface area contributed by atoms with E-state index in [0.29, 0.717) is 12.0 Å². The van der Waals surface area contributed by atoms with Gasteiger partial charge in [-0.05, 0) is 29.5 Å². The fourth-order valence-electron chi connectivity index (χ4n) is 4.00. The van der Waals surface area contributed by atoms with Crippen LogP contribution in [0.5, 0.6) is 0 Å². The van der Waals surface area contributed by atoms with E-state index < -0.39 is 27.8 Å². The number of nitro benzene ring substituents is 1. The molecule has 0 saturated heterocycles. The lowest BCUT2D eigenvalue weighted by Gasteiger charge is -2.23. The lowest BCUT2D eigenvalue weighted by atomic mass is 9.90. The molecule has 2 amide bonds. The van der Waals surface area contributed by atoms with Crippen molar-refractivity contribution in [3.05, 3.63) is 122 Å². The summed E-state index contributed by atoms with van der Waals surface area (Å²) in [6, 6.07) is 23.2. The van der Waals surface area contributed by atoms with Crippen LogP contribution in [0.1, 0.15) is 35.4 Å². The fraction of sp³-hybridized carbons (Fsp3) is 0.222. The van der Waals surface area contributed by atoms with E-state index in [1.165, 1.54) is 24.3 Å². The molecule has 3 aromatic carbocycles. The number of guanidine groups is 1. The Bertz CT molecular complexity index is 1290. The number of rotatable bonds is 13. The van der Waals surface area contributed by atoms with Gasteiger partial charge in [-0.2, -0.15) is 0 Å². The highest BCUT2D eigenvalue weighted by Crippen LogP contribution is 2.25. The molecule has 0 aliphatic carbocycles. The van der Waals surface area contributed by atoms with Crippen molar-refractivity contribution in [1.29, 1.82) is 0 Å². The normalized spacial score (nSPS) is 11.9. The SMILES string of the molecule is N/C(=N/[N+](=O)[O-])NCCC[C@@H](NC(=O)C(c1ccccc1)c1ccccc1)C(=O)NCc1ccc([N+](=O)[O-])cc1. The minimum atomic E-state index is -0.948. The molecular weight excluding hydrogens is 518 g/mol. The van der Waals surface area contributed by atoms with Crippen LogP contribution in [0.4, 0.5) is 5.69 Å². The Morgan fingerprint density at radius 2 is 1.40 bits per heavy atom. The number of nitrogens with two attached hydrogens (primary N) is 1. The highest BCUT2D eigenvalue weighted by molar-refractivity contribution is 5.92. The van der Waals surface area contributed by atoms with Crippen LogP contribution in [0.2, 0.25) is 0 Å². The molecule has 0 aromatic heterocycles. The largest absolute Gasteiger partial charge is 0.365 e. The van der Waals surface area contributed by atoms with Gasteiger partial charge in [0.15, 0.2) is 5.03 Å². The summed E-state index contributed by atoms with van der Waals surface area (Å²) >= 11 is 0. The number of nitrogens with one attached hydrogen (secondary N) is 3. The lowest BCUT2D eigenvalue weighted by molar-refractivity contribution is -0.485. The molecule has 0 bridgehead atoms. The second-order valence-electron chi connectivity index (χ2n) is 8.75. The molecule has 13 nitrogen and oxygen atoms in total. The first-order valence-electron chi connectivity index (χ1n) is 12.4. The average molecular weight is 548 g/mol. The summed E-state index contributed by atoms with van der Waals surface area (Å²) < 4.78 is 0. The van der Waals surface area contributed by atoms with Crippen LogP contribution in [-0.4, -0.2) is 40.3 Å². The minimum Gasteiger partial charge on any atom is -0.365 e. The number of non-ortho nitro benzene ring substituents is 1. The van der Waals surface area contributed by atoms with E-state index in [-0.39, 0.29) is 37.1 Å². The maximum atomic E-state index is 13.6. The van der Waals surface area contributed by atoms with Gasteiger partial charge >= 0.3 is 0 Å². The van der Waals surface area contributed by atoms with Crippen molar-refractivity contribution in [3.63, 3.8) is 0 Å². The molecule has 1 atom stereocenters. The number of carbonyl (C=O) groups excluding carboxylic acids is 2. The summed E-state index contributed by atoms with van der Waals surface area (Å²) in [5, 5.41) is 31.6. The molecule has 0 saturated carbocycles. The highest BCUT2D eigenvalue weighted by atomic mass is 16.7. The average Bonchev–Trinajstić information content (AvgIpc) is 2.94. The van der Waals surface area contributed by atoms with Crippen molar-refractivity contribution in [2.45, 2.75) is 31.3 Å². The Balaban J connectivity index is 1.75. The predicted octanol–water partition coefficient (Wildman–Crippen LogP) is 2.40. The van der Waals surface area contributed by atoms with Crippen LogP contribution >= 0.6 is 0 Å². The molecule has 40 heavy (non-hydrogen) atoms. The summed E-state index contributed by atoms with van der Waals surface area (Å²) in [5.74, 6) is -1.89. The molecule has 5 N–H and O–H groups in total. The third-order valence-corrected chi connectivity index (χ3v) is 5.94. The van der Waals surface area contributed by atoms with Crippen molar-refractivity contribution in [2.24, 2.45) is 10.8 Å². The van der Waals surface area contributed by atoms with Crippen LogP contribution in [0.3, 0.4) is 0 Å². The van der Waals surface area contributed by atoms with Gasteiger partial charge in [-0.25, -0.2) is 10.1 Å². The van der Waals surface area contributed by atoms with Crippen molar-refractivity contribution in [1.82, 2.24) is 16.0 Å². The molecule has 3 aromatic rings. The second kappa shape index (κ2) is 14.6. The standard InChI is InChI=1S/C27H29N7O6/c28-27(32-34(39)40)29-17-7-12-23(25(35)30-18-19-13-15-22(16-14-19)33(37)38)31-26(36)24(20-8-3-1-4-9-20)21-10-5-2-6-11-21/h1-6,8-11,13-16,23-24H,7,12,17-18H2,(H,30,35)(H,31,36)(H3,28,29,32)/t23-/m1/s1. The number of nitrogens with zero attached hydrogens (tertiary/aromatic N) is 3. The highest BCUT2D eigenvalue weighted by Gasteiger charge is 2.27. The molecule has 0 aliphatic heterocycles. The molecule has 0 unspecified atom stereocenters. The zero-order chi connectivity index (χ0) is 28.9. The van der Waals surface area contributed by atoms with E-state index in [2.05, 4.69) is 21.1 Å². The lowest BCUT2D eigenvalue weighted by Crippen LogP contribution is -2.48. The van der Waals surface area contributed by atoms with E-state index >= 15 is 0 Å². The maximum Gasteiger partial charge on any atom is 0.269 e. The molecule has 0 radical (unpaired) electrons. The Morgan fingerprint density at radius 3 is 1.93 bits per heavy atom. The van der Waals surface area contributed by atoms with Crippen LogP contribution < -0.4 is 21.7 Å². The van der Waals surface area contributed by atoms with Gasteiger partial charge in [0.1, 0.15) is 11.1 Å². The van der Waals surface area contributed by atoms with Crippen LogP contribution in [0.25, 0.3) is 0 Å². The predicted molar refractivity (Wildman–Crippen MR) is 147 cm³/mol. The number of hydrogen-bond acceptors (Lipinski definition) is 6. The smallest absolute Gasteiger partial charge is 0.269 e. The van der Waals surface area contributed by atoms with Gasteiger partial charge in [0.25, 0.3) is 11.6 Å². The van der Waals surface area contributed by atoms with Gasteiger partial charge in [-0.15, -0.1) is 0 Å². The van der Waals surface area contributed by atoms with Crippen LogP contribution in [-0.2, 0) is 16.1 Å². The van der Waals surface area contributed by atoms with Crippen molar-refractivity contribution in [3.8, 4) is 0 Å². The molecule has 13 heteroatoms. The minimum absolute atomic E-state index is 0.0690. The first-order valence-corrected chi connectivity index (χ1v) is 12.4. The molecule has 3 rings (SSSR count). The van der Waals surface area contributed by atoms with Crippen molar-refractivity contribution >= 4 is 23.5 Å². The Morgan fingerprint density at radius 1 is 0.825 bits per heavy atom. The Labute approximate surface area is 229 Å². The van der Waals surface area contributed by atoms with E-state index in [1.807, 2.05) is 60.7 Å². The van der Waals surface area contributed by atoms with Gasteiger partial charge in [0.2, 0.25) is 11.8 Å². The zero-order valence-corrected chi connectivity index (χ0v) is 21.4. The first-order chi connectivity index (χ1) is 19.2. The maximum absolute atomic E-state index is 13.6. The van der Waals surface area contributed by atoms with Crippen molar-refractivity contribution < 1.29 is 19.5 Å². The molecule has 208 valence electrons. The van der Waals surface area contributed by atoms with Gasteiger partial charge in [-0.1, -0.05) is 72.8 Å². The van der Waals surface area contributed by atoms with Crippen molar-refractivity contribution in [2.75, 3.05) is 6.54 Å². The molecule has 0 aliphatic rings. The quantitative estimate of drug-likeness (QED) is 0.0823. The summed E-state index contributed by atoms with van der Waals surface area (Å²) in [7, 11) is 0. The fourth-order valence-corrected chi connectivity index (χ4v) is 4.00. The first kappa shape index (κ1) is 29.2. The van der Waals surface area contributed by atoms with Gasteiger partial charge in [0, 0.05) is 25.2 Å². The topological polar surface area (TPSA) is 195 Å². The third-order valence-electron chi connectivity index (χ3n) is 5.94. The summed E-state index contributed by atoms with van der Waals surface area (Å²) in [6.45, 7) is 0.261. The van der Waals surface area contributed by atoms with Gasteiger partial charge in [-0.3, -0.25) is 19.7 Å². The zero-order valence-electron chi connectivity index (χ0n) is 21.4. The van der Waals surface area contributed by atoms with E-state index in [4.69, 9.17) is 5.73 Å². The summed E-state index contributed by atoms with van der Waals surface area (Å²) in [4.78, 5) is 47.7. The van der Waals surface area contributed by atoms with E-state index in [9.17, 15) is 29.8 Å². The summed E-state index contributed by atoms with van der Waals surface area (Å²) in [6.07, 6.45) is 0.512. The number of hydrazone groups is 1. The van der Waals surface area contributed by atoms with E-state index in [0.717, 1.165) is 11.1 Å². The van der Waals surface area contributed by atoms with Gasteiger partial charge in [0.05, 0.1) is 10.8 Å². The van der Waals surface area contributed by atoms with Crippen LogP contribution in [0, 0.1) is 20.2 Å². The number of hydrogen-bond donors (Lipinski definition) is 4. The summed E-state index contributed by atoms with van der Waals surface area (Å²) in [5.41, 5.74) is 7.52. The monoisotopic (exact) mass is 547 g/mol. The molecule has 0 heterocycles. The Hall–Kier alpha value is -5.33. The van der Waals surface area contributed by atoms with Crippen LogP contribution in [0.15, 0.2) is 90.0 Å².